The van der Waals surface area contributed by atoms with Gasteiger partial charge in [0.05, 0.1) is 0 Å². The van der Waals surface area contributed by atoms with E-state index in [-0.39, 0.29) is 0 Å². The molecular formula is C10H13O. The average Bonchev–Trinajstić information content (AvgIpc) is 1.93. The van der Waals surface area contributed by atoms with Gasteiger partial charge in [0.1, 0.15) is 5.75 Å². The molecule has 1 nitrogen and oxygen atoms in total. The topological polar surface area (TPSA) is 20.2 Å². The zero-order chi connectivity index (χ0) is 8.27. The van der Waals surface area contributed by atoms with Crippen molar-refractivity contribution < 1.29 is 5.11 Å². The van der Waals surface area contributed by atoms with E-state index in [0.29, 0.717) is 5.75 Å². The molecular weight excluding hydrogens is 136 g/mol. The Bertz CT molecular complexity index is 228. The van der Waals surface area contributed by atoms with Gasteiger partial charge in [0.15, 0.2) is 0 Å². The molecule has 1 aromatic rings. The molecule has 0 unspecified atom stereocenters. The second-order valence-corrected chi connectivity index (χ2v) is 3.01. The van der Waals surface area contributed by atoms with Crippen molar-refractivity contribution in [3.05, 3.63) is 35.7 Å². The van der Waals surface area contributed by atoms with Gasteiger partial charge in [-0.1, -0.05) is 32.0 Å². The maximum Gasteiger partial charge on any atom is 0.118 e. The van der Waals surface area contributed by atoms with Crippen LogP contribution < -0.4 is 0 Å². The van der Waals surface area contributed by atoms with Crippen molar-refractivity contribution in [3.8, 4) is 5.75 Å². The molecule has 0 amide bonds. The van der Waals surface area contributed by atoms with Crippen LogP contribution in [0.1, 0.15) is 19.4 Å². The number of phenolic OH excluding ortho intramolecular Hbond substituents is 1. The molecule has 0 aliphatic carbocycles. The predicted octanol–water partition coefficient (Wildman–Crippen LogP) is 2.55. The molecule has 1 N–H and O–H groups in total. The lowest BCUT2D eigenvalue weighted by atomic mass is 10.0. The molecule has 0 atom stereocenters. The standard InChI is InChI=1S/C10H13O/c1-8(2)7-9-5-3-4-6-10(9)11/h3-6,11H,7H2,1-2H3. The molecule has 0 heterocycles. The maximum atomic E-state index is 9.35. The van der Waals surface area contributed by atoms with Gasteiger partial charge in [-0.25, -0.2) is 0 Å². The smallest absolute Gasteiger partial charge is 0.118 e. The first-order valence-corrected chi connectivity index (χ1v) is 3.76. The highest BCUT2D eigenvalue weighted by atomic mass is 16.3. The van der Waals surface area contributed by atoms with Crippen LogP contribution in [0.4, 0.5) is 0 Å². The van der Waals surface area contributed by atoms with Crippen LogP contribution in [0.3, 0.4) is 0 Å². The third-order valence-electron chi connectivity index (χ3n) is 1.54. The minimum absolute atomic E-state index is 0.397. The predicted molar refractivity (Wildman–Crippen MR) is 46.4 cm³/mol. The summed E-state index contributed by atoms with van der Waals surface area (Å²) in [6, 6.07) is 7.45. The SMILES string of the molecule is C[C](C)Cc1ccccc1O. The Hall–Kier alpha value is -0.980. The molecule has 0 saturated heterocycles. The number of hydrogen-bond acceptors (Lipinski definition) is 1. The summed E-state index contributed by atoms with van der Waals surface area (Å²) in [5.41, 5.74) is 1.01. The van der Waals surface area contributed by atoms with Crippen molar-refractivity contribution in [2.75, 3.05) is 0 Å². The normalized spacial score (nSPS) is 10.5. The van der Waals surface area contributed by atoms with Crippen LogP contribution in [-0.2, 0) is 6.42 Å². The van der Waals surface area contributed by atoms with E-state index in [1.807, 2.05) is 18.2 Å². The molecule has 0 fully saturated rings. The molecule has 0 aromatic heterocycles. The third kappa shape index (κ3) is 2.26. The summed E-state index contributed by atoms with van der Waals surface area (Å²) in [7, 11) is 0. The van der Waals surface area contributed by atoms with Gasteiger partial charge in [-0.2, -0.15) is 0 Å². The first-order valence-electron chi connectivity index (χ1n) is 3.76. The zero-order valence-corrected chi connectivity index (χ0v) is 6.96. The summed E-state index contributed by atoms with van der Waals surface area (Å²) in [5.74, 6) is 1.71. The lowest BCUT2D eigenvalue weighted by molar-refractivity contribution is 0.468. The third-order valence-corrected chi connectivity index (χ3v) is 1.54. The largest absolute Gasteiger partial charge is 0.508 e. The minimum atomic E-state index is 0.397. The van der Waals surface area contributed by atoms with Gasteiger partial charge in [0.2, 0.25) is 0 Å². The lowest BCUT2D eigenvalue weighted by Crippen LogP contribution is -1.91. The van der Waals surface area contributed by atoms with E-state index in [1.165, 1.54) is 5.92 Å². The van der Waals surface area contributed by atoms with Crippen LogP contribution in [-0.4, -0.2) is 5.11 Å². The lowest BCUT2D eigenvalue weighted by Gasteiger charge is -2.05. The van der Waals surface area contributed by atoms with Gasteiger partial charge in [-0.05, 0) is 24.0 Å². The quantitative estimate of drug-likeness (QED) is 0.685. The highest BCUT2D eigenvalue weighted by Crippen LogP contribution is 2.19. The van der Waals surface area contributed by atoms with E-state index in [2.05, 4.69) is 13.8 Å². The van der Waals surface area contributed by atoms with E-state index < -0.39 is 0 Å². The minimum Gasteiger partial charge on any atom is -0.508 e. The Morgan fingerprint density at radius 3 is 2.45 bits per heavy atom. The van der Waals surface area contributed by atoms with Gasteiger partial charge in [0.25, 0.3) is 0 Å². The van der Waals surface area contributed by atoms with Crippen LogP contribution in [0.2, 0.25) is 0 Å². The fourth-order valence-corrected chi connectivity index (χ4v) is 1.04. The van der Waals surface area contributed by atoms with Crippen molar-refractivity contribution in [1.82, 2.24) is 0 Å². The average molecular weight is 149 g/mol. The van der Waals surface area contributed by atoms with Crippen molar-refractivity contribution in [2.45, 2.75) is 20.3 Å². The number of benzene rings is 1. The monoisotopic (exact) mass is 149 g/mol. The Kier molecular flexibility index (Phi) is 2.53. The molecule has 1 heteroatoms. The molecule has 0 aliphatic rings. The zero-order valence-electron chi connectivity index (χ0n) is 6.96. The van der Waals surface area contributed by atoms with E-state index in [4.69, 9.17) is 0 Å². The molecule has 0 aliphatic heterocycles. The fourth-order valence-electron chi connectivity index (χ4n) is 1.04. The molecule has 59 valence electrons. The first-order chi connectivity index (χ1) is 5.20. The van der Waals surface area contributed by atoms with Gasteiger partial charge < -0.3 is 5.11 Å². The Morgan fingerprint density at radius 1 is 1.27 bits per heavy atom. The van der Waals surface area contributed by atoms with E-state index in [9.17, 15) is 5.11 Å². The van der Waals surface area contributed by atoms with Crippen molar-refractivity contribution >= 4 is 0 Å². The number of rotatable bonds is 2. The van der Waals surface area contributed by atoms with Gasteiger partial charge >= 0.3 is 0 Å². The van der Waals surface area contributed by atoms with Gasteiger partial charge in [-0.3, -0.25) is 0 Å². The molecule has 0 spiro atoms. The van der Waals surface area contributed by atoms with Crippen molar-refractivity contribution in [2.24, 2.45) is 0 Å². The molecule has 0 bridgehead atoms. The summed E-state index contributed by atoms with van der Waals surface area (Å²) >= 11 is 0. The molecule has 1 rings (SSSR count). The summed E-state index contributed by atoms with van der Waals surface area (Å²) < 4.78 is 0. The van der Waals surface area contributed by atoms with E-state index in [0.717, 1.165) is 12.0 Å². The van der Waals surface area contributed by atoms with E-state index >= 15 is 0 Å². The molecule has 11 heavy (non-hydrogen) atoms. The number of aromatic hydroxyl groups is 1. The molecule has 0 saturated carbocycles. The summed E-state index contributed by atoms with van der Waals surface area (Å²) in [5, 5.41) is 9.35. The number of phenols is 1. The summed E-state index contributed by atoms with van der Waals surface area (Å²) in [6.45, 7) is 4.12. The fraction of sp³-hybridized carbons (Fsp3) is 0.300. The first kappa shape index (κ1) is 8.12. The second-order valence-electron chi connectivity index (χ2n) is 3.01. The summed E-state index contributed by atoms with van der Waals surface area (Å²) in [4.78, 5) is 0. The van der Waals surface area contributed by atoms with Crippen LogP contribution in [0.5, 0.6) is 5.75 Å². The molecule has 1 aromatic carbocycles. The highest BCUT2D eigenvalue weighted by molar-refractivity contribution is 5.33. The van der Waals surface area contributed by atoms with Crippen LogP contribution in [0.25, 0.3) is 0 Å². The van der Waals surface area contributed by atoms with Gasteiger partial charge in [0, 0.05) is 0 Å². The van der Waals surface area contributed by atoms with Crippen LogP contribution >= 0.6 is 0 Å². The second kappa shape index (κ2) is 3.42. The summed E-state index contributed by atoms with van der Waals surface area (Å²) in [6.07, 6.45) is 0.868. The van der Waals surface area contributed by atoms with Crippen LogP contribution in [0, 0.1) is 5.92 Å². The Labute approximate surface area is 67.7 Å². The van der Waals surface area contributed by atoms with Crippen LogP contribution in [0.15, 0.2) is 24.3 Å². The van der Waals surface area contributed by atoms with E-state index in [1.54, 1.807) is 6.07 Å². The number of para-hydroxylation sites is 1. The van der Waals surface area contributed by atoms with Crippen molar-refractivity contribution in [3.63, 3.8) is 0 Å². The Balaban J connectivity index is 2.78. The number of hydrogen-bond donors (Lipinski definition) is 1. The Morgan fingerprint density at radius 2 is 1.91 bits per heavy atom. The maximum absolute atomic E-state index is 9.35. The highest BCUT2D eigenvalue weighted by Gasteiger charge is 2.01. The van der Waals surface area contributed by atoms with Gasteiger partial charge in [-0.15, -0.1) is 0 Å². The van der Waals surface area contributed by atoms with Crippen molar-refractivity contribution in [1.29, 1.82) is 0 Å². The molecule has 1 radical (unpaired) electrons.